The number of hydrogen-bond acceptors (Lipinski definition) is 5. The van der Waals surface area contributed by atoms with E-state index < -0.39 is 22.0 Å². The summed E-state index contributed by atoms with van der Waals surface area (Å²) >= 11 is 1.31. The molecule has 2 aromatic carbocycles. The third-order valence-electron chi connectivity index (χ3n) is 4.61. The highest BCUT2D eigenvalue weighted by molar-refractivity contribution is 7.88. The first kappa shape index (κ1) is 18.8. The summed E-state index contributed by atoms with van der Waals surface area (Å²) in [6.45, 7) is 1.49. The van der Waals surface area contributed by atoms with Gasteiger partial charge in [0.05, 0.1) is 18.0 Å². The van der Waals surface area contributed by atoms with Gasteiger partial charge in [0.25, 0.3) is 0 Å². The first-order valence-electron chi connectivity index (χ1n) is 8.75. The first-order chi connectivity index (χ1) is 13.3. The van der Waals surface area contributed by atoms with E-state index in [0.717, 1.165) is 23.9 Å². The maximum absolute atomic E-state index is 12.1. The summed E-state index contributed by atoms with van der Waals surface area (Å²) in [5.41, 5.74) is 6.90. The second kappa shape index (κ2) is 7.12. The number of thiazole rings is 1. The number of anilines is 1. The Morgan fingerprint density at radius 3 is 2.68 bits per heavy atom. The molecule has 6 nitrogen and oxygen atoms in total. The number of rotatable bonds is 5. The number of sulfonamides is 1. The highest BCUT2D eigenvalue weighted by Gasteiger charge is 2.20. The highest BCUT2D eigenvalue weighted by Crippen LogP contribution is 2.38. The topological polar surface area (TPSA) is 88.2 Å². The van der Waals surface area contributed by atoms with Crippen LogP contribution in [0, 0.1) is 0 Å². The zero-order valence-corrected chi connectivity index (χ0v) is 17.0. The van der Waals surface area contributed by atoms with Gasteiger partial charge in [-0.3, -0.25) is 4.79 Å². The molecule has 2 N–H and O–H groups in total. The van der Waals surface area contributed by atoms with Gasteiger partial charge >= 0.3 is 0 Å². The summed E-state index contributed by atoms with van der Waals surface area (Å²) in [6, 6.07) is 13.8. The zero-order valence-electron chi connectivity index (χ0n) is 15.4. The van der Waals surface area contributed by atoms with Crippen LogP contribution < -0.4 is 10.0 Å². The summed E-state index contributed by atoms with van der Waals surface area (Å²) in [5, 5.41) is 4.98. The largest absolute Gasteiger partial charge is 0.301 e. The Bertz CT molecular complexity index is 1170. The van der Waals surface area contributed by atoms with Gasteiger partial charge < -0.3 is 5.32 Å². The Balaban J connectivity index is 1.51. The van der Waals surface area contributed by atoms with E-state index in [2.05, 4.69) is 51.4 Å². The van der Waals surface area contributed by atoms with Crippen LogP contribution in [0.2, 0.25) is 0 Å². The highest BCUT2D eigenvalue weighted by atomic mass is 32.2. The molecule has 4 rings (SSSR count). The van der Waals surface area contributed by atoms with Crippen molar-refractivity contribution < 1.29 is 13.2 Å². The zero-order chi connectivity index (χ0) is 19.9. The van der Waals surface area contributed by atoms with Crippen LogP contribution >= 0.6 is 11.3 Å². The average molecular weight is 414 g/mol. The van der Waals surface area contributed by atoms with Crippen LogP contribution in [-0.2, 0) is 21.2 Å². The van der Waals surface area contributed by atoms with E-state index in [1.54, 1.807) is 0 Å². The molecule has 1 amide bonds. The van der Waals surface area contributed by atoms with Gasteiger partial charge in [0, 0.05) is 10.9 Å². The molecule has 3 aromatic rings. The number of carbonyl (C=O) groups excluding carboxylic acids is 1. The number of aromatic nitrogens is 1. The molecule has 0 bridgehead atoms. The summed E-state index contributed by atoms with van der Waals surface area (Å²) in [7, 11) is -3.45. The van der Waals surface area contributed by atoms with Gasteiger partial charge in [0.1, 0.15) is 0 Å². The normalized spacial score (nSPS) is 13.6. The number of fused-ring (bicyclic) bond motifs is 3. The average Bonchev–Trinajstić information content (AvgIpc) is 3.23. The second-order valence-corrected chi connectivity index (χ2v) is 9.48. The summed E-state index contributed by atoms with van der Waals surface area (Å²) in [4.78, 5) is 16.6. The van der Waals surface area contributed by atoms with E-state index in [4.69, 9.17) is 0 Å². The summed E-state index contributed by atoms with van der Waals surface area (Å²) in [6.07, 6.45) is 1.92. The lowest BCUT2D eigenvalue weighted by atomic mass is 10.0. The van der Waals surface area contributed by atoms with Gasteiger partial charge in [-0.1, -0.05) is 36.4 Å². The lowest BCUT2D eigenvalue weighted by Gasteiger charge is -2.10. The number of nitrogens with one attached hydrogen (secondary N) is 2. The predicted molar refractivity (Wildman–Crippen MR) is 112 cm³/mol. The van der Waals surface area contributed by atoms with Gasteiger partial charge in [0.15, 0.2) is 5.13 Å². The van der Waals surface area contributed by atoms with Crippen LogP contribution in [-0.4, -0.2) is 31.6 Å². The van der Waals surface area contributed by atoms with Crippen LogP contribution in [0.15, 0.2) is 47.8 Å². The van der Waals surface area contributed by atoms with Crippen LogP contribution in [0.4, 0.5) is 5.13 Å². The van der Waals surface area contributed by atoms with Crippen molar-refractivity contribution in [2.45, 2.75) is 19.4 Å². The van der Waals surface area contributed by atoms with Crippen molar-refractivity contribution in [3.05, 3.63) is 59.0 Å². The molecular formula is C20H19N3O3S2. The molecule has 8 heteroatoms. The fraction of sp³-hybridized carbons (Fsp3) is 0.200. The lowest BCUT2D eigenvalue weighted by Crippen LogP contribution is -2.40. The molecule has 0 aliphatic heterocycles. The third kappa shape index (κ3) is 3.84. The smallest absolute Gasteiger partial charge is 0.244 e. The Morgan fingerprint density at radius 2 is 1.89 bits per heavy atom. The van der Waals surface area contributed by atoms with Gasteiger partial charge in [0.2, 0.25) is 15.9 Å². The Morgan fingerprint density at radius 1 is 1.14 bits per heavy atom. The SMILES string of the molecule is C[C@H](NS(C)(=O)=O)C(=O)Nc1nc(-c2ccc3c(c2)Cc2ccccc2-3)cs1. The van der Waals surface area contributed by atoms with Crippen LogP contribution in [0.5, 0.6) is 0 Å². The Kier molecular flexibility index (Phi) is 4.78. The van der Waals surface area contributed by atoms with E-state index >= 15 is 0 Å². The van der Waals surface area contributed by atoms with E-state index in [0.29, 0.717) is 5.13 Å². The predicted octanol–water partition coefficient (Wildman–Crippen LogP) is 3.26. The van der Waals surface area contributed by atoms with E-state index in [-0.39, 0.29) is 0 Å². The first-order valence-corrected chi connectivity index (χ1v) is 11.5. The van der Waals surface area contributed by atoms with Crippen molar-refractivity contribution in [2.24, 2.45) is 0 Å². The van der Waals surface area contributed by atoms with Crippen LogP contribution in [0.3, 0.4) is 0 Å². The lowest BCUT2D eigenvalue weighted by molar-refractivity contribution is -0.117. The summed E-state index contributed by atoms with van der Waals surface area (Å²) < 4.78 is 24.8. The molecule has 28 heavy (non-hydrogen) atoms. The molecule has 0 radical (unpaired) electrons. The van der Waals surface area contributed by atoms with E-state index in [1.165, 1.54) is 40.5 Å². The third-order valence-corrected chi connectivity index (χ3v) is 6.15. The minimum atomic E-state index is -3.45. The van der Waals surface area contributed by atoms with E-state index in [1.807, 2.05) is 11.4 Å². The van der Waals surface area contributed by atoms with Crippen molar-refractivity contribution in [3.8, 4) is 22.4 Å². The number of benzene rings is 2. The quantitative estimate of drug-likeness (QED) is 0.526. The Labute approximate surface area is 167 Å². The fourth-order valence-electron chi connectivity index (χ4n) is 3.36. The standard InChI is InChI=1S/C20H19N3O3S2/c1-12(23-28(2,25)26)19(24)22-20-21-18(11-27-20)14-7-8-17-15(10-14)9-13-5-3-4-6-16(13)17/h3-8,10-12,23H,9H2,1-2H3,(H,21,22,24)/t12-/m0/s1. The number of carbonyl (C=O) groups is 1. The summed E-state index contributed by atoms with van der Waals surface area (Å²) in [5.74, 6) is -0.448. The van der Waals surface area contributed by atoms with Gasteiger partial charge in [-0.25, -0.2) is 18.1 Å². The van der Waals surface area contributed by atoms with Crippen molar-refractivity contribution in [1.82, 2.24) is 9.71 Å². The molecule has 1 atom stereocenters. The fourth-order valence-corrected chi connectivity index (χ4v) is 4.83. The number of hydrogen-bond donors (Lipinski definition) is 2. The van der Waals surface area contributed by atoms with Gasteiger partial charge in [-0.15, -0.1) is 11.3 Å². The van der Waals surface area contributed by atoms with E-state index in [9.17, 15) is 13.2 Å². The molecule has 0 unspecified atom stereocenters. The Hall–Kier alpha value is -2.55. The molecular weight excluding hydrogens is 394 g/mol. The van der Waals surface area contributed by atoms with Crippen molar-refractivity contribution in [1.29, 1.82) is 0 Å². The number of amides is 1. The molecule has 0 saturated carbocycles. The maximum Gasteiger partial charge on any atom is 0.244 e. The van der Waals surface area contributed by atoms with Crippen molar-refractivity contribution in [3.63, 3.8) is 0 Å². The van der Waals surface area contributed by atoms with Crippen LogP contribution in [0.1, 0.15) is 18.1 Å². The molecule has 1 aliphatic carbocycles. The van der Waals surface area contributed by atoms with Crippen molar-refractivity contribution in [2.75, 3.05) is 11.6 Å². The number of nitrogens with zero attached hydrogens (tertiary/aromatic N) is 1. The minimum absolute atomic E-state index is 0.436. The molecule has 0 fully saturated rings. The van der Waals surface area contributed by atoms with Gasteiger partial charge in [-0.2, -0.15) is 0 Å². The molecule has 144 valence electrons. The molecule has 1 heterocycles. The van der Waals surface area contributed by atoms with Crippen molar-refractivity contribution >= 4 is 32.4 Å². The molecule has 1 aromatic heterocycles. The maximum atomic E-state index is 12.1. The molecule has 0 saturated heterocycles. The van der Waals surface area contributed by atoms with Crippen LogP contribution in [0.25, 0.3) is 22.4 Å². The minimum Gasteiger partial charge on any atom is -0.301 e. The monoisotopic (exact) mass is 413 g/mol. The second-order valence-electron chi connectivity index (χ2n) is 6.84. The molecule has 1 aliphatic rings. The van der Waals surface area contributed by atoms with Gasteiger partial charge in [-0.05, 0) is 41.7 Å². The molecule has 0 spiro atoms.